The van der Waals surface area contributed by atoms with Crippen LogP contribution in [0.4, 0.5) is 0 Å². The number of amides is 1. The molecule has 0 radical (unpaired) electrons. The number of carbonyl (C=O) groups is 2. The van der Waals surface area contributed by atoms with Crippen LogP contribution in [0.1, 0.15) is 56.7 Å². The zero-order chi connectivity index (χ0) is 17.5. The monoisotopic (exact) mass is 331 g/mol. The Morgan fingerprint density at radius 3 is 2.58 bits per heavy atom. The Morgan fingerprint density at radius 1 is 1.33 bits per heavy atom. The van der Waals surface area contributed by atoms with Gasteiger partial charge >= 0.3 is 5.97 Å². The molecule has 0 saturated heterocycles. The molecule has 2 unspecified atom stereocenters. The first-order valence-corrected chi connectivity index (χ1v) is 8.59. The molecule has 5 heteroatoms. The van der Waals surface area contributed by atoms with Crippen LogP contribution in [0.2, 0.25) is 0 Å². The number of ether oxygens (including phenoxy) is 1. The van der Waals surface area contributed by atoms with Crippen LogP contribution in [0.15, 0.2) is 18.2 Å². The first-order chi connectivity index (χ1) is 11.4. The molecule has 0 aromatic heterocycles. The van der Waals surface area contributed by atoms with Crippen molar-refractivity contribution in [3.8, 4) is 5.75 Å². The molecular weight excluding hydrogens is 306 g/mol. The van der Waals surface area contributed by atoms with Crippen molar-refractivity contribution in [2.24, 2.45) is 5.41 Å². The van der Waals surface area contributed by atoms with Crippen LogP contribution in [-0.4, -0.2) is 35.0 Å². The highest BCUT2D eigenvalue weighted by Crippen LogP contribution is 2.46. The normalized spacial score (nSPS) is 24.7. The molecule has 1 amide bonds. The Kier molecular flexibility index (Phi) is 4.28. The first-order valence-electron chi connectivity index (χ1n) is 8.59. The Labute approximate surface area is 142 Å². The largest absolute Gasteiger partial charge is 0.497 e. The van der Waals surface area contributed by atoms with Crippen LogP contribution in [0.5, 0.6) is 5.75 Å². The van der Waals surface area contributed by atoms with E-state index in [4.69, 9.17) is 4.74 Å². The minimum atomic E-state index is -0.837. The molecule has 0 spiro atoms. The SMILES string of the molecule is COc1ccc2c(c1)CC(C)N(C(=O)CC1(C(=O)O)CCC1)C2C. The molecule has 24 heavy (non-hydrogen) atoms. The maximum absolute atomic E-state index is 12.9. The van der Waals surface area contributed by atoms with Crippen LogP contribution < -0.4 is 4.74 Å². The second-order valence-corrected chi connectivity index (χ2v) is 7.21. The molecule has 130 valence electrons. The molecule has 1 N–H and O–H groups in total. The van der Waals surface area contributed by atoms with Gasteiger partial charge in [0.2, 0.25) is 5.91 Å². The van der Waals surface area contributed by atoms with Crippen molar-refractivity contribution in [2.75, 3.05) is 7.11 Å². The summed E-state index contributed by atoms with van der Waals surface area (Å²) in [5, 5.41) is 9.49. The number of rotatable bonds is 4. The lowest BCUT2D eigenvalue weighted by Crippen LogP contribution is -2.49. The number of nitrogens with zero attached hydrogens (tertiary/aromatic N) is 1. The first kappa shape index (κ1) is 16.8. The van der Waals surface area contributed by atoms with Gasteiger partial charge in [-0.15, -0.1) is 0 Å². The van der Waals surface area contributed by atoms with Crippen LogP contribution >= 0.6 is 0 Å². The standard InChI is InChI=1S/C19H25NO4/c1-12-9-14-10-15(24-3)5-6-16(14)13(2)20(12)17(21)11-19(18(22)23)7-4-8-19/h5-6,10,12-13H,4,7-9,11H2,1-3H3,(H,22,23). The molecule has 1 aromatic carbocycles. The fraction of sp³-hybridized carbons (Fsp3) is 0.579. The fourth-order valence-corrected chi connectivity index (χ4v) is 4.15. The van der Waals surface area contributed by atoms with Crippen molar-refractivity contribution in [2.45, 2.75) is 58.0 Å². The predicted molar refractivity (Wildman–Crippen MR) is 90.0 cm³/mol. The van der Waals surface area contributed by atoms with Gasteiger partial charge in [-0.2, -0.15) is 0 Å². The number of carbonyl (C=O) groups excluding carboxylic acids is 1. The van der Waals surface area contributed by atoms with Crippen LogP contribution in [-0.2, 0) is 16.0 Å². The average Bonchev–Trinajstić information content (AvgIpc) is 2.49. The van der Waals surface area contributed by atoms with Crippen molar-refractivity contribution in [1.29, 1.82) is 0 Å². The van der Waals surface area contributed by atoms with E-state index in [9.17, 15) is 14.7 Å². The van der Waals surface area contributed by atoms with E-state index in [1.807, 2.05) is 36.9 Å². The summed E-state index contributed by atoms with van der Waals surface area (Å²) in [5.41, 5.74) is 1.49. The molecule has 1 heterocycles. The van der Waals surface area contributed by atoms with Crippen molar-refractivity contribution < 1.29 is 19.4 Å². The third kappa shape index (κ3) is 2.66. The summed E-state index contributed by atoms with van der Waals surface area (Å²) in [6.07, 6.45) is 3.00. The smallest absolute Gasteiger partial charge is 0.310 e. The molecule has 3 rings (SSSR count). The van der Waals surface area contributed by atoms with E-state index in [1.54, 1.807) is 7.11 Å². The van der Waals surface area contributed by atoms with E-state index >= 15 is 0 Å². The maximum Gasteiger partial charge on any atom is 0.310 e. The van der Waals surface area contributed by atoms with Crippen molar-refractivity contribution >= 4 is 11.9 Å². The number of aliphatic carboxylic acids is 1. The van der Waals surface area contributed by atoms with Gasteiger partial charge < -0.3 is 14.7 Å². The topological polar surface area (TPSA) is 66.8 Å². The van der Waals surface area contributed by atoms with E-state index in [2.05, 4.69) is 0 Å². The van der Waals surface area contributed by atoms with Crippen molar-refractivity contribution in [3.63, 3.8) is 0 Å². The highest BCUT2D eigenvalue weighted by atomic mass is 16.5. The van der Waals surface area contributed by atoms with E-state index in [0.29, 0.717) is 12.8 Å². The molecule has 5 nitrogen and oxygen atoms in total. The van der Waals surface area contributed by atoms with Gasteiger partial charge in [0.05, 0.1) is 18.6 Å². The number of carboxylic acid groups (broad SMARTS) is 1. The molecule has 1 aliphatic carbocycles. The van der Waals surface area contributed by atoms with Crippen LogP contribution in [0.25, 0.3) is 0 Å². The minimum Gasteiger partial charge on any atom is -0.497 e. The third-order valence-corrected chi connectivity index (χ3v) is 5.75. The lowest BCUT2D eigenvalue weighted by atomic mass is 9.66. The zero-order valence-corrected chi connectivity index (χ0v) is 14.5. The molecule has 1 saturated carbocycles. The molecule has 2 aliphatic rings. The summed E-state index contributed by atoms with van der Waals surface area (Å²) in [4.78, 5) is 26.3. The maximum atomic E-state index is 12.9. The molecule has 1 aliphatic heterocycles. The highest BCUT2D eigenvalue weighted by molar-refractivity contribution is 5.86. The summed E-state index contributed by atoms with van der Waals surface area (Å²) < 4.78 is 5.29. The van der Waals surface area contributed by atoms with Gasteiger partial charge in [-0.1, -0.05) is 12.5 Å². The zero-order valence-electron chi connectivity index (χ0n) is 14.5. The number of methoxy groups -OCH3 is 1. The number of carboxylic acids is 1. The van der Waals surface area contributed by atoms with E-state index in [1.165, 1.54) is 5.56 Å². The summed E-state index contributed by atoms with van der Waals surface area (Å²) >= 11 is 0. The Balaban J connectivity index is 1.83. The summed E-state index contributed by atoms with van der Waals surface area (Å²) in [6.45, 7) is 4.05. The number of hydrogen-bond donors (Lipinski definition) is 1. The highest BCUT2D eigenvalue weighted by Gasteiger charge is 2.47. The second-order valence-electron chi connectivity index (χ2n) is 7.21. The lowest BCUT2D eigenvalue weighted by molar-refractivity contribution is -0.160. The van der Waals surface area contributed by atoms with Gasteiger partial charge in [0.1, 0.15) is 5.75 Å². The van der Waals surface area contributed by atoms with E-state index < -0.39 is 11.4 Å². The van der Waals surface area contributed by atoms with Crippen LogP contribution in [0, 0.1) is 5.41 Å². The second kappa shape index (κ2) is 6.11. The Hall–Kier alpha value is -2.04. The minimum absolute atomic E-state index is 0.0430. The van der Waals surface area contributed by atoms with Crippen molar-refractivity contribution in [1.82, 2.24) is 4.90 Å². The quantitative estimate of drug-likeness (QED) is 0.920. The Bertz CT molecular complexity index is 665. The summed E-state index contributed by atoms with van der Waals surface area (Å²) in [5.74, 6) is -0.0460. The molecular formula is C19H25NO4. The summed E-state index contributed by atoms with van der Waals surface area (Å²) in [6, 6.07) is 5.97. The van der Waals surface area contributed by atoms with Gasteiger partial charge in [0.15, 0.2) is 0 Å². The molecule has 1 fully saturated rings. The van der Waals surface area contributed by atoms with Gasteiger partial charge in [-0.05, 0) is 56.4 Å². The molecule has 1 aromatic rings. The van der Waals surface area contributed by atoms with Crippen molar-refractivity contribution in [3.05, 3.63) is 29.3 Å². The lowest BCUT2D eigenvalue weighted by Gasteiger charge is -2.44. The number of hydrogen-bond acceptors (Lipinski definition) is 3. The summed E-state index contributed by atoms with van der Waals surface area (Å²) in [7, 11) is 1.65. The van der Waals surface area contributed by atoms with E-state index in [0.717, 1.165) is 24.2 Å². The molecule has 2 atom stereocenters. The van der Waals surface area contributed by atoms with Gasteiger partial charge in [-0.25, -0.2) is 0 Å². The van der Waals surface area contributed by atoms with Gasteiger partial charge in [0.25, 0.3) is 0 Å². The van der Waals surface area contributed by atoms with Gasteiger partial charge in [-0.3, -0.25) is 9.59 Å². The van der Waals surface area contributed by atoms with Gasteiger partial charge in [0, 0.05) is 12.5 Å². The number of benzene rings is 1. The third-order valence-electron chi connectivity index (χ3n) is 5.75. The fourth-order valence-electron chi connectivity index (χ4n) is 4.15. The van der Waals surface area contributed by atoms with Crippen LogP contribution in [0.3, 0.4) is 0 Å². The Morgan fingerprint density at radius 2 is 2.04 bits per heavy atom. The van der Waals surface area contributed by atoms with E-state index in [-0.39, 0.29) is 24.4 Å². The molecule has 0 bridgehead atoms. The average molecular weight is 331 g/mol. The predicted octanol–water partition coefficient (Wildman–Crippen LogP) is 3.17. The number of fused-ring (bicyclic) bond motifs is 1.